The zero-order valence-corrected chi connectivity index (χ0v) is 16.9. The molecule has 2 aromatic carbocycles. The van der Waals surface area contributed by atoms with Gasteiger partial charge in [0.1, 0.15) is 5.75 Å². The summed E-state index contributed by atoms with van der Waals surface area (Å²) >= 11 is 6.33. The van der Waals surface area contributed by atoms with Gasteiger partial charge in [-0.1, -0.05) is 41.9 Å². The average molecular weight is 400 g/mol. The summed E-state index contributed by atoms with van der Waals surface area (Å²) in [6.45, 7) is 6.02. The molecule has 148 valence electrons. The Morgan fingerprint density at radius 2 is 1.82 bits per heavy atom. The van der Waals surface area contributed by atoms with E-state index in [1.807, 2.05) is 49.4 Å². The number of rotatable bonds is 4. The number of ether oxygens (including phenoxy) is 1. The van der Waals surface area contributed by atoms with Gasteiger partial charge in [-0.2, -0.15) is 0 Å². The van der Waals surface area contributed by atoms with Crippen molar-refractivity contribution in [3.63, 3.8) is 0 Å². The quantitative estimate of drug-likeness (QED) is 0.854. The van der Waals surface area contributed by atoms with Crippen LogP contribution in [0.2, 0.25) is 5.02 Å². The molecular weight excluding hydrogens is 374 g/mol. The van der Waals surface area contributed by atoms with Crippen molar-refractivity contribution in [3.8, 4) is 5.75 Å². The van der Waals surface area contributed by atoms with Crippen LogP contribution in [-0.2, 0) is 4.79 Å². The number of piperazine rings is 1. The molecule has 4 rings (SSSR count). The van der Waals surface area contributed by atoms with Crippen LogP contribution in [0.1, 0.15) is 24.9 Å². The molecule has 1 saturated heterocycles. The van der Waals surface area contributed by atoms with Gasteiger partial charge in [-0.3, -0.25) is 9.69 Å². The number of hydrogen-bond acceptors (Lipinski definition) is 4. The summed E-state index contributed by atoms with van der Waals surface area (Å²) in [5, 5.41) is 4.01. The van der Waals surface area contributed by atoms with Crippen LogP contribution in [0.15, 0.2) is 48.5 Å². The number of nitrogens with one attached hydrogen (secondary N) is 1. The van der Waals surface area contributed by atoms with Gasteiger partial charge in [-0.05, 0) is 25.1 Å². The predicted molar refractivity (Wildman–Crippen MR) is 112 cm³/mol. The summed E-state index contributed by atoms with van der Waals surface area (Å²) < 4.78 is 5.70. The molecule has 0 spiro atoms. The van der Waals surface area contributed by atoms with Crippen LogP contribution >= 0.6 is 11.6 Å². The SMILES string of the molecule is C[C@@H](C(=O)N[C@@H]1CCOc2ccccc21)N1CCN(c2ccccc2Cl)CC1. The van der Waals surface area contributed by atoms with Crippen LogP contribution < -0.4 is 15.0 Å². The van der Waals surface area contributed by atoms with Crippen molar-refractivity contribution < 1.29 is 9.53 Å². The molecule has 28 heavy (non-hydrogen) atoms. The van der Waals surface area contributed by atoms with Gasteiger partial charge in [0.15, 0.2) is 0 Å². The van der Waals surface area contributed by atoms with E-state index in [9.17, 15) is 4.79 Å². The fraction of sp³-hybridized carbons (Fsp3) is 0.409. The smallest absolute Gasteiger partial charge is 0.237 e. The van der Waals surface area contributed by atoms with E-state index in [0.717, 1.165) is 54.6 Å². The van der Waals surface area contributed by atoms with Crippen molar-refractivity contribution in [1.29, 1.82) is 0 Å². The molecule has 2 aromatic rings. The summed E-state index contributed by atoms with van der Waals surface area (Å²) in [4.78, 5) is 17.4. The van der Waals surface area contributed by atoms with Crippen LogP contribution in [0.25, 0.3) is 0 Å². The highest BCUT2D eigenvalue weighted by atomic mass is 35.5. The summed E-state index contributed by atoms with van der Waals surface area (Å²) in [5.41, 5.74) is 2.14. The topological polar surface area (TPSA) is 44.8 Å². The molecule has 0 unspecified atom stereocenters. The third-order valence-electron chi connectivity index (χ3n) is 5.71. The van der Waals surface area contributed by atoms with Crippen LogP contribution in [0.5, 0.6) is 5.75 Å². The Labute approximate surface area is 171 Å². The molecule has 0 saturated carbocycles. The molecule has 2 atom stereocenters. The third-order valence-corrected chi connectivity index (χ3v) is 6.03. The molecule has 0 bridgehead atoms. The second kappa shape index (κ2) is 8.41. The maximum Gasteiger partial charge on any atom is 0.237 e. The van der Waals surface area contributed by atoms with E-state index in [2.05, 4.69) is 21.2 Å². The van der Waals surface area contributed by atoms with Gasteiger partial charge in [0.25, 0.3) is 0 Å². The minimum absolute atomic E-state index is 0.0179. The number of benzene rings is 2. The molecule has 1 fully saturated rings. The predicted octanol–water partition coefficient (Wildman–Crippen LogP) is 3.49. The van der Waals surface area contributed by atoms with E-state index < -0.39 is 0 Å². The molecular formula is C22H26ClN3O2. The highest BCUT2D eigenvalue weighted by molar-refractivity contribution is 6.33. The maximum absolute atomic E-state index is 12.9. The molecule has 0 aromatic heterocycles. The lowest BCUT2D eigenvalue weighted by Crippen LogP contribution is -2.54. The second-order valence-corrected chi connectivity index (χ2v) is 7.79. The first-order valence-electron chi connectivity index (χ1n) is 9.89. The Morgan fingerprint density at radius 1 is 1.11 bits per heavy atom. The molecule has 5 nitrogen and oxygen atoms in total. The fourth-order valence-corrected chi connectivity index (χ4v) is 4.26. The highest BCUT2D eigenvalue weighted by Gasteiger charge is 2.29. The zero-order valence-electron chi connectivity index (χ0n) is 16.1. The number of nitrogens with zero attached hydrogens (tertiary/aromatic N) is 2. The van der Waals surface area contributed by atoms with E-state index in [4.69, 9.17) is 16.3 Å². The maximum atomic E-state index is 12.9. The van der Waals surface area contributed by atoms with Crippen LogP contribution in [0, 0.1) is 0 Å². The largest absolute Gasteiger partial charge is 0.493 e. The number of amides is 1. The van der Waals surface area contributed by atoms with Crippen LogP contribution in [0.4, 0.5) is 5.69 Å². The van der Waals surface area contributed by atoms with Crippen molar-refractivity contribution in [2.24, 2.45) is 0 Å². The van der Waals surface area contributed by atoms with Gasteiger partial charge in [-0.25, -0.2) is 0 Å². The first-order chi connectivity index (χ1) is 13.6. The van der Waals surface area contributed by atoms with Crippen molar-refractivity contribution in [2.75, 3.05) is 37.7 Å². The molecule has 1 amide bonds. The Morgan fingerprint density at radius 3 is 2.61 bits per heavy atom. The summed E-state index contributed by atoms with van der Waals surface area (Å²) in [7, 11) is 0. The lowest BCUT2D eigenvalue weighted by Gasteiger charge is -2.39. The van der Waals surface area contributed by atoms with Crippen molar-refractivity contribution >= 4 is 23.2 Å². The Bertz CT molecular complexity index is 836. The van der Waals surface area contributed by atoms with Crippen LogP contribution in [-0.4, -0.2) is 49.6 Å². The van der Waals surface area contributed by atoms with Gasteiger partial charge in [0, 0.05) is 38.2 Å². The minimum Gasteiger partial charge on any atom is -0.493 e. The number of carbonyl (C=O) groups excluding carboxylic acids is 1. The van der Waals surface area contributed by atoms with Crippen LogP contribution in [0.3, 0.4) is 0 Å². The number of anilines is 1. The molecule has 0 aliphatic carbocycles. The van der Waals surface area contributed by atoms with Gasteiger partial charge in [0.2, 0.25) is 5.91 Å². The van der Waals surface area contributed by atoms with E-state index in [0.29, 0.717) is 6.61 Å². The number of para-hydroxylation sites is 2. The standard InChI is InChI=1S/C22H26ClN3O2/c1-16(22(27)24-19-10-15-28-21-9-5-2-6-17(19)21)25-11-13-26(14-12-25)20-8-4-3-7-18(20)23/h2-9,16,19H,10-15H2,1H3,(H,24,27)/t16-,19+/m0/s1. The Hall–Kier alpha value is -2.24. The number of hydrogen-bond donors (Lipinski definition) is 1. The normalized spacial score (nSPS) is 20.8. The lowest BCUT2D eigenvalue weighted by molar-refractivity contribution is -0.127. The minimum atomic E-state index is -0.164. The number of carbonyl (C=O) groups is 1. The molecule has 2 heterocycles. The summed E-state index contributed by atoms with van der Waals surface area (Å²) in [5.74, 6) is 0.952. The fourth-order valence-electron chi connectivity index (χ4n) is 4.01. The molecule has 2 aliphatic rings. The van der Waals surface area contributed by atoms with Gasteiger partial charge in [-0.15, -0.1) is 0 Å². The summed E-state index contributed by atoms with van der Waals surface area (Å²) in [6.07, 6.45) is 0.801. The van der Waals surface area contributed by atoms with Crippen molar-refractivity contribution in [2.45, 2.75) is 25.4 Å². The molecule has 6 heteroatoms. The van der Waals surface area contributed by atoms with Gasteiger partial charge >= 0.3 is 0 Å². The highest BCUT2D eigenvalue weighted by Crippen LogP contribution is 2.32. The molecule has 0 radical (unpaired) electrons. The van der Waals surface area contributed by atoms with E-state index in [1.165, 1.54) is 0 Å². The van der Waals surface area contributed by atoms with Crippen molar-refractivity contribution in [1.82, 2.24) is 10.2 Å². The zero-order chi connectivity index (χ0) is 19.5. The van der Waals surface area contributed by atoms with E-state index in [-0.39, 0.29) is 18.0 Å². The summed E-state index contributed by atoms with van der Waals surface area (Å²) in [6, 6.07) is 15.7. The first kappa shape index (κ1) is 19.1. The average Bonchev–Trinajstić information content (AvgIpc) is 2.74. The van der Waals surface area contributed by atoms with Gasteiger partial charge in [0.05, 0.1) is 29.4 Å². The van der Waals surface area contributed by atoms with Crippen molar-refractivity contribution in [3.05, 3.63) is 59.1 Å². The molecule has 1 N–H and O–H groups in total. The van der Waals surface area contributed by atoms with E-state index >= 15 is 0 Å². The number of fused-ring (bicyclic) bond motifs is 1. The monoisotopic (exact) mass is 399 g/mol. The molecule has 2 aliphatic heterocycles. The third kappa shape index (κ3) is 3.96. The second-order valence-electron chi connectivity index (χ2n) is 7.39. The van der Waals surface area contributed by atoms with Gasteiger partial charge < -0.3 is 15.0 Å². The Kier molecular flexibility index (Phi) is 5.74. The first-order valence-corrected chi connectivity index (χ1v) is 10.3. The van der Waals surface area contributed by atoms with E-state index in [1.54, 1.807) is 0 Å². The number of halogens is 1. The Balaban J connectivity index is 1.35. The lowest BCUT2D eigenvalue weighted by atomic mass is 10.00.